The number of aliphatic hydroxyl groups excluding tert-OH is 1. The number of hydrogen-bond donors (Lipinski definition) is 2. The van der Waals surface area contributed by atoms with E-state index >= 15 is 0 Å². The third-order valence-corrected chi connectivity index (χ3v) is 7.31. The highest BCUT2D eigenvalue weighted by atomic mass is 16.3. The molecule has 1 saturated heterocycles. The molecule has 2 aliphatic carbocycles. The molecule has 5 nitrogen and oxygen atoms in total. The van der Waals surface area contributed by atoms with E-state index in [1.54, 1.807) is 0 Å². The van der Waals surface area contributed by atoms with Gasteiger partial charge in [0.25, 0.3) is 0 Å². The van der Waals surface area contributed by atoms with Crippen LogP contribution in [0.2, 0.25) is 0 Å². The monoisotopic (exact) mass is 401 g/mol. The van der Waals surface area contributed by atoms with Gasteiger partial charge in [0.2, 0.25) is 5.91 Å². The van der Waals surface area contributed by atoms with E-state index in [1.807, 2.05) is 13.0 Å². The third kappa shape index (κ3) is 3.74. The van der Waals surface area contributed by atoms with Gasteiger partial charge in [-0.25, -0.2) is 0 Å². The maximum absolute atomic E-state index is 13.7. The van der Waals surface area contributed by atoms with Crippen molar-refractivity contribution in [2.45, 2.75) is 78.9 Å². The summed E-state index contributed by atoms with van der Waals surface area (Å²) in [5.74, 6) is -0.438. The average molecular weight is 402 g/mol. The van der Waals surface area contributed by atoms with Gasteiger partial charge in [-0.2, -0.15) is 0 Å². The summed E-state index contributed by atoms with van der Waals surface area (Å²) in [4.78, 5) is 39.4. The molecule has 0 unspecified atom stereocenters. The highest BCUT2D eigenvalue weighted by molar-refractivity contribution is 6.09. The molecule has 1 spiro atoms. The number of hydrogen-bond acceptors (Lipinski definition) is 4. The summed E-state index contributed by atoms with van der Waals surface area (Å²) in [6.45, 7) is 10.4. The number of rotatable bonds is 2. The first-order chi connectivity index (χ1) is 13.6. The number of carbonyl (C=O) groups is 3. The maximum Gasteiger partial charge on any atom is 0.235 e. The third-order valence-electron chi connectivity index (χ3n) is 7.31. The Balaban J connectivity index is 2.16. The fourth-order valence-electron chi connectivity index (χ4n) is 5.72. The molecule has 2 N–H and O–H groups in total. The second-order valence-electron chi connectivity index (χ2n) is 9.79. The molecule has 160 valence electrons. The van der Waals surface area contributed by atoms with Crippen molar-refractivity contribution in [1.82, 2.24) is 5.32 Å². The number of carbonyl (C=O) groups excluding carboxylic acids is 3. The molecular formula is C24H35NO4. The second-order valence-corrected chi connectivity index (χ2v) is 9.79. The molecule has 1 heterocycles. The molecule has 1 fully saturated rings. The van der Waals surface area contributed by atoms with E-state index in [1.165, 1.54) is 5.57 Å². The van der Waals surface area contributed by atoms with Crippen molar-refractivity contribution in [3.05, 3.63) is 23.3 Å². The molecule has 0 saturated carbocycles. The number of Topliss-reactive ketones (excluding diaryl/α,β-unsaturated/α-hetero) is 2. The van der Waals surface area contributed by atoms with E-state index in [-0.39, 0.29) is 60.5 Å². The zero-order chi connectivity index (χ0) is 21.5. The van der Waals surface area contributed by atoms with Gasteiger partial charge in [-0.15, -0.1) is 0 Å². The Bertz CT molecular complexity index is 765. The van der Waals surface area contributed by atoms with Crippen molar-refractivity contribution in [2.24, 2.45) is 29.1 Å². The Hall–Kier alpha value is -1.75. The quantitative estimate of drug-likeness (QED) is 0.549. The molecule has 0 radical (unpaired) electrons. The van der Waals surface area contributed by atoms with Gasteiger partial charge < -0.3 is 10.4 Å². The fraction of sp³-hybridized carbons (Fsp3) is 0.708. The number of nitrogens with one attached hydrogen (secondary N) is 1. The highest BCUT2D eigenvalue weighted by Gasteiger charge is 2.65. The molecule has 0 bridgehead atoms. The van der Waals surface area contributed by atoms with Gasteiger partial charge in [-0.05, 0) is 44.9 Å². The second kappa shape index (κ2) is 8.17. The van der Waals surface area contributed by atoms with Crippen molar-refractivity contribution in [3.8, 4) is 0 Å². The molecule has 1 amide bonds. The molecule has 5 heteroatoms. The first-order valence-electron chi connectivity index (χ1n) is 11.0. The summed E-state index contributed by atoms with van der Waals surface area (Å²) in [6, 6.07) is -0.0435. The molecule has 0 aromatic heterocycles. The van der Waals surface area contributed by atoms with Gasteiger partial charge in [0, 0.05) is 30.7 Å². The average Bonchev–Trinajstić information content (AvgIpc) is 2.93. The van der Waals surface area contributed by atoms with Gasteiger partial charge in [-0.1, -0.05) is 44.1 Å². The van der Waals surface area contributed by atoms with Gasteiger partial charge in [0.15, 0.2) is 5.78 Å². The van der Waals surface area contributed by atoms with Gasteiger partial charge in [0.1, 0.15) is 17.3 Å². The van der Waals surface area contributed by atoms with Gasteiger partial charge in [0.05, 0.1) is 0 Å². The number of ketones is 2. The van der Waals surface area contributed by atoms with E-state index in [0.29, 0.717) is 12.3 Å². The summed E-state index contributed by atoms with van der Waals surface area (Å²) in [5, 5.41) is 13.4. The molecule has 29 heavy (non-hydrogen) atoms. The zero-order valence-corrected chi connectivity index (χ0v) is 18.3. The van der Waals surface area contributed by atoms with Crippen LogP contribution in [0.5, 0.6) is 0 Å². The number of allylic oxidation sites excluding steroid dienone is 4. The fourth-order valence-corrected chi connectivity index (χ4v) is 5.72. The molecule has 1 aliphatic heterocycles. The standard InChI is InChI=1S/C24H35NO4/c1-13(2)10-18-22-16(5)15(4)12-17-11-14(3)6-7-19(26)20(27)8-9-21(28)24(17,22)23(29)25-18/h11-13,16-18,20,22,27H,6-10H2,1-5H3,(H,25,29)/t16-,17+,18+,20-,22+,24-/m1/s1. The summed E-state index contributed by atoms with van der Waals surface area (Å²) in [6.07, 6.45) is 4.78. The lowest BCUT2D eigenvalue weighted by Crippen LogP contribution is -2.52. The van der Waals surface area contributed by atoms with Crippen LogP contribution in [0.3, 0.4) is 0 Å². The SMILES string of the molecule is CC1=C[C@H]2C=C(C)[C@@H](C)[C@H]3[C@H](CC(C)C)NC(=O)[C@@]23C(=O)CC[C@@H](O)C(=O)CC1. The van der Waals surface area contributed by atoms with Crippen LogP contribution in [0.25, 0.3) is 0 Å². The van der Waals surface area contributed by atoms with Crippen LogP contribution in [0, 0.1) is 29.1 Å². The van der Waals surface area contributed by atoms with Gasteiger partial charge >= 0.3 is 0 Å². The van der Waals surface area contributed by atoms with Crippen LogP contribution in [-0.4, -0.2) is 34.7 Å². The summed E-state index contributed by atoms with van der Waals surface area (Å²) < 4.78 is 0. The first kappa shape index (κ1) is 21.9. The Morgan fingerprint density at radius 2 is 1.83 bits per heavy atom. The Morgan fingerprint density at radius 1 is 1.14 bits per heavy atom. The topological polar surface area (TPSA) is 83.5 Å². The first-order valence-corrected chi connectivity index (χ1v) is 11.0. The summed E-state index contributed by atoms with van der Waals surface area (Å²) >= 11 is 0. The van der Waals surface area contributed by atoms with E-state index in [0.717, 1.165) is 12.0 Å². The summed E-state index contributed by atoms with van der Waals surface area (Å²) in [7, 11) is 0. The van der Waals surface area contributed by atoms with Crippen molar-refractivity contribution < 1.29 is 19.5 Å². The van der Waals surface area contributed by atoms with Crippen LogP contribution in [0.15, 0.2) is 23.3 Å². The lowest BCUT2D eigenvalue weighted by Gasteiger charge is -2.45. The van der Waals surface area contributed by atoms with Crippen LogP contribution >= 0.6 is 0 Å². The molecule has 3 aliphatic rings. The molecule has 0 aromatic carbocycles. The van der Waals surface area contributed by atoms with Crippen LogP contribution in [0.4, 0.5) is 0 Å². The lowest BCUT2D eigenvalue weighted by atomic mass is 9.54. The Labute approximate surface area is 174 Å². The lowest BCUT2D eigenvalue weighted by molar-refractivity contribution is -0.145. The van der Waals surface area contributed by atoms with E-state index < -0.39 is 11.5 Å². The molecular weight excluding hydrogens is 366 g/mol. The van der Waals surface area contributed by atoms with Crippen LogP contribution in [-0.2, 0) is 14.4 Å². The zero-order valence-electron chi connectivity index (χ0n) is 18.3. The minimum Gasteiger partial charge on any atom is -0.385 e. The number of amides is 1. The predicted octanol–water partition coefficient (Wildman–Crippen LogP) is 3.37. The highest BCUT2D eigenvalue weighted by Crippen LogP contribution is 2.55. The molecule has 0 aromatic rings. The largest absolute Gasteiger partial charge is 0.385 e. The van der Waals surface area contributed by atoms with Crippen molar-refractivity contribution >= 4 is 17.5 Å². The summed E-state index contributed by atoms with van der Waals surface area (Å²) in [5.41, 5.74) is 1.05. The van der Waals surface area contributed by atoms with E-state index in [4.69, 9.17) is 0 Å². The Kier molecular flexibility index (Phi) is 6.19. The predicted molar refractivity (Wildman–Crippen MR) is 112 cm³/mol. The van der Waals surface area contributed by atoms with E-state index in [9.17, 15) is 19.5 Å². The van der Waals surface area contributed by atoms with Crippen molar-refractivity contribution in [3.63, 3.8) is 0 Å². The molecule has 6 atom stereocenters. The maximum atomic E-state index is 13.7. The normalized spacial score (nSPS) is 38.6. The van der Waals surface area contributed by atoms with Crippen molar-refractivity contribution in [2.75, 3.05) is 0 Å². The van der Waals surface area contributed by atoms with Gasteiger partial charge in [-0.3, -0.25) is 14.4 Å². The van der Waals surface area contributed by atoms with Crippen molar-refractivity contribution in [1.29, 1.82) is 0 Å². The van der Waals surface area contributed by atoms with Crippen LogP contribution < -0.4 is 5.32 Å². The Morgan fingerprint density at radius 3 is 2.48 bits per heavy atom. The minimum absolute atomic E-state index is 0.0435. The van der Waals surface area contributed by atoms with Crippen LogP contribution in [0.1, 0.15) is 66.7 Å². The van der Waals surface area contributed by atoms with E-state index in [2.05, 4.69) is 39.1 Å². The molecule has 3 rings (SSSR count). The smallest absolute Gasteiger partial charge is 0.235 e. The minimum atomic E-state index is -1.15. The number of aliphatic hydroxyl groups is 1.